The molecular weight excluding hydrogens is 448 g/mol. The normalized spacial score (nSPS) is 14.5. The Kier molecular flexibility index (Phi) is 8.21. The third-order valence-corrected chi connectivity index (χ3v) is 6.10. The van der Waals surface area contributed by atoms with Gasteiger partial charge in [-0.2, -0.15) is 5.10 Å². The molecule has 0 aliphatic carbocycles. The van der Waals surface area contributed by atoms with Crippen LogP contribution in [0, 0.1) is 6.92 Å². The van der Waals surface area contributed by atoms with Crippen LogP contribution in [0.2, 0.25) is 0 Å². The summed E-state index contributed by atoms with van der Waals surface area (Å²) in [6, 6.07) is 5.41. The van der Waals surface area contributed by atoms with Crippen LogP contribution in [0.1, 0.15) is 35.8 Å². The topological polar surface area (TPSA) is 138 Å². The second kappa shape index (κ2) is 11.5. The minimum Gasteiger partial charge on any atom is -0.491 e. The number of benzene rings is 1. The number of nitrogens with two attached hydrogens (primary N) is 2. The zero-order chi connectivity index (χ0) is 24.8. The predicted octanol–water partition coefficient (Wildman–Crippen LogP) is 1.85. The second-order valence-corrected chi connectivity index (χ2v) is 8.70. The van der Waals surface area contributed by atoms with Gasteiger partial charge >= 0.3 is 0 Å². The van der Waals surface area contributed by atoms with Crippen molar-refractivity contribution in [2.24, 2.45) is 11.5 Å². The molecule has 1 aliphatic rings. The van der Waals surface area contributed by atoms with E-state index in [9.17, 15) is 4.79 Å². The Hall–Kier alpha value is -3.15. The molecule has 11 heteroatoms. The van der Waals surface area contributed by atoms with Crippen molar-refractivity contribution in [3.63, 3.8) is 0 Å². The SMILES string of the molecule is CCn1nc(C)cc1Nc1nc2cc(C(N)=O)cc(OCCCN3CCOCC3)c2n1CCCN. The van der Waals surface area contributed by atoms with Crippen LogP contribution >= 0.6 is 0 Å². The van der Waals surface area contributed by atoms with Crippen LogP contribution in [0.4, 0.5) is 11.8 Å². The van der Waals surface area contributed by atoms with Crippen molar-refractivity contribution in [1.29, 1.82) is 0 Å². The maximum atomic E-state index is 12.0. The summed E-state index contributed by atoms with van der Waals surface area (Å²) in [5.41, 5.74) is 14.2. The minimum absolute atomic E-state index is 0.366. The molecule has 1 saturated heterocycles. The van der Waals surface area contributed by atoms with Crippen molar-refractivity contribution in [3.05, 3.63) is 29.5 Å². The number of morpholine rings is 1. The van der Waals surface area contributed by atoms with Crippen LogP contribution in [0.25, 0.3) is 11.0 Å². The molecule has 0 atom stereocenters. The molecule has 1 amide bonds. The summed E-state index contributed by atoms with van der Waals surface area (Å²) in [5, 5.41) is 7.93. The third-order valence-electron chi connectivity index (χ3n) is 6.10. The summed E-state index contributed by atoms with van der Waals surface area (Å²) in [5.74, 6) is 1.56. The maximum Gasteiger partial charge on any atom is 0.248 e. The molecule has 4 rings (SSSR count). The van der Waals surface area contributed by atoms with Gasteiger partial charge in [-0.1, -0.05) is 0 Å². The minimum atomic E-state index is -0.518. The van der Waals surface area contributed by atoms with Crippen molar-refractivity contribution in [2.45, 2.75) is 39.8 Å². The summed E-state index contributed by atoms with van der Waals surface area (Å²) < 4.78 is 15.6. The zero-order valence-corrected chi connectivity index (χ0v) is 20.6. The van der Waals surface area contributed by atoms with Crippen LogP contribution in [0.15, 0.2) is 18.2 Å². The lowest BCUT2D eigenvalue weighted by atomic mass is 10.1. The first kappa shape index (κ1) is 25.0. The largest absolute Gasteiger partial charge is 0.491 e. The van der Waals surface area contributed by atoms with Gasteiger partial charge < -0.3 is 30.8 Å². The Morgan fingerprint density at radius 1 is 1.20 bits per heavy atom. The Bertz CT molecular complexity index is 1150. The number of aryl methyl sites for hydroxylation is 3. The quantitative estimate of drug-likeness (QED) is 0.331. The number of carbonyl (C=O) groups is 1. The fourth-order valence-corrected chi connectivity index (χ4v) is 4.34. The lowest BCUT2D eigenvalue weighted by molar-refractivity contribution is 0.0358. The van der Waals surface area contributed by atoms with Gasteiger partial charge in [-0.3, -0.25) is 9.69 Å². The number of amides is 1. The number of hydrogen-bond acceptors (Lipinski definition) is 8. The van der Waals surface area contributed by atoms with E-state index in [1.165, 1.54) is 0 Å². The smallest absolute Gasteiger partial charge is 0.248 e. The Morgan fingerprint density at radius 3 is 2.71 bits per heavy atom. The van der Waals surface area contributed by atoms with Gasteiger partial charge in [-0.25, -0.2) is 9.67 Å². The van der Waals surface area contributed by atoms with Gasteiger partial charge in [0.05, 0.1) is 31.0 Å². The number of ether oxygens (including phenoxy) is 2. The van der Waals surface area contributed by atoms with Gasteiger partial charge in [0, 0.05) is 44.4 Å². The van der Waals surface area contributed by atoms with Crippen LogP contribution in [0.3, 0.4) is 0 Å². The van der Waals surface area contributed by atoms with Gasteiger partial charge in [-0.05, 0) is 45.4 Å². The Balaban J connectivity index is 1.64. The monoisotopic (exact) mass is 484 g/mol. The molecule has 5 N–H and O–H groups in total. The summed E-state index contributed by atoms with van der Waals surface area (Å²) in [6.07, 6.45) is 1.62. The first-order chi connectivity index (χ1) is 17.0. The molecule has 0 unspecified atom stereocenters. The molecule has 190 valence electrons. The van der Waals surface area contributed by atoms with Crippen LogP contribution in [-0.4, -0.2) is 76.1 Å². The number of imidazole rings is 1. The first-order valence-corrected chi connectivity index (χ1v) is 12.3. The standard InChI is InChI=1S/C24H36N8O3/c1-3-32-21(14-17(2)29-32)28-24-27-19-15-18(23(26)33)16-20(22(19)31(24)8-4-6-25)35-11-5-7-30-9-12-34-13-10-30/h14-16H,3-13,25H2,1-2H3,(H2,26,33)(H,27,28). The van der Waals surface area contributed by atoms with E-state index in [0.29, 0.717) is 42.5 Å². The molecule has 1 fully saturated rings. The molecule has 0 saturated carbocycles. The van der Waals surface area contributed by atoms with E-state index in [2.05, 4.69) is 19.9 Å². The number of fused-ring (bicyclic) bond motifs is 1. The van der Waals surface area contributed by atoms with Gasteiger partial charge in [0.15, 0.2) is 0 Å². The van der Waals surface area contributed by atoms with E-state index < -0.39 is 5.91 Å². The van der Waals surface area contributed by atoms with Gasteiger partial charge in [-0.15, -0.1) is 0 Å². The van der Waals surface area contributed by atoms with E-state index >= 15 is 0 Å². The third kappa shape index (κ3) is 5.92. The van der Waals surface area contributed by atoms with Crippen molar-refractivity contribution in [2.75, 3.05) is 51.3 Å². The van der Waals surface area contributed by atoms with E-state index in [1.807, 2.05) is 24.6 Å². The average Bonchev–Trinajstić information content (AvgIpc) is 3.39. The molecule has 0 bridgehead atoms. The predicted molar refractivity (Wildman–Crippen MR) is 135 cm³/mol. The number of primary amides is 1. The van der Waals surface area contributed by atoms with Crippen molar-refractivity contribution < 1.29 is 14.3 Å². The number of hydrogen-bond donors (Lipinski definition) is 3. The number of anilines is 2. The van der Waals surface area contributed by atoms with Gasteiger partial charge in [0.1, 0.15) is 17.1 Å². The summed E-state index contributed by atoms with van der Waals surface area (Å²) in [6.45, 7) is 10.8. The summed E-state index contributed by atoms with van der Waals surface area (Å²) in [7, 11) is 0. The van der Waals surface area contributed by atoms with Crippen LogP contribution < -0.4 is 21.5 Å². The lowest BCUT2D eigenvalue weighted by Gasteiger charge is -2.26. The number of carbonyl (C=O) groups excluding carboxylic acids is 1. The molecule has 1 aromatic carbocycles. The van der Waals surface area contributed by atoms with Crippen LogP contribution in [0.5, 0.6) is 5.75 Å². The van der Waals surface area contributed by atoms with E-state index in [1.54, 1.807) is 12.1 Å². The molecule has 35 heavy (non-hydrogen) atoms. The second-order valence-electron chi connectivity index (χ2n) is 8.70. The number of nitrogens with one attached hydrogen (secondary N) is 1. The maximum absolute atomic E-state index is 12.0. The zero-order valence-electron chi connectivity index (χ0n) is 20.6. The highest BCUT2D eigenvalue weighted by atomic mass is 16.5. The molecule has 0 radical (unpaired) electrons. The molecular formula is C24H36N8O3. The fourth-order valence-electron chi connectivity index (χ4n) is 4.34. The first-order valence-electron chi connectivity index (χ1n) is 12.3. The van der Waals surface area contributed by atoms with E-state index in [-0.39, 0.29) is 0 Å². The van der Waals surface area contributed by atoms with Crippen molar-refractivity contribution in [1.82, 2.24) is 24.2 Å². The van der Waals surface area contributed by atoms with Gasteiger partial charge in [0.2, 0.25) is 11.9 Å². The fraction of sp³-hybridized carbons (Fsp3) is 0.542. The highest BCUT2D eigenvalue weighted by Gasteiger charge is 2.20. The summed E-state index contributed by atoms with van der Waals surface area (Å²) >= 11 is 0. The highest BCUT2D eigenvalue weighted by Crippen LogP contribution is 2.32. The molecule has 11 nitrogen and oxygen atoms in total. The molecule has 3 heterocycles. The summed E-state index contributed by atoms with van der Waals surface area (Å²) in [4.78, 5) is 19.2. The van der Waals surface area contributed by atoms with Gasteiger partial charge in [0.25, 0.3) is 0 Å². The lowest BCUT2D eigenvalue weighted by Crippen LogP contribution is -2.37. The average molecular weight is 485 g/mol. The molecule has 2 aromatic heterocycles. The number of rotatable bonds is 12. The Morgan fingerprint density at radius 2 is 2.00 bits per heavy atom. The van der Waals surface area contributed by atoms with Crippen molar-refractivity contribution >= 4 is 28.7 Å². The van der Waals surface area contributed by atoms with E-state index in [0.717, 1.165) is 69.3 Å². The van der Waals surface area contributed by atoms with E-state index in [4.69, 9.17) is 25.9 Å². The molecule has 1 aliphatic heterocycles. The molecule has 3 aromatic rings. The van der Waals surface area contributed by atoms with Crippen LogP contribution in [-0.2, 0) is 17.8 Å². The molecule has 0 spiro atoms. The number of nitrogens with zero attached hydrogens (tertiary/aromatic N) is 5. The highest BCUT2D eigenvalue weighted by molar-refractivity contribution is 5.99. The number of aromatic nitrogens is 4. The van der Waals surface area contributed by atoms with Crippen molar-refractivity contribution in [3.8, 4) is 5.75 Å². The Labute approximate surface area is 205 Å².